The van der Waals surface area contributed by atoms with Crippen LogP contribution >= 0.6 is 39.6 Å². The van der Waals surface area contributed by atoms with E-state index in [0.717, 1.165) is 0 Å². The normalized spacial score (nSPS) is 10.2. The Bertz CT molecular complexity index is 4220. The summed E-state index contributed by atoms with van der Waals surface area (Å²) in [5.41, 5.74) is 13.7. The van der Waals surface area contributed by atoms with Crippen LogP contribution in [0.5, 0.6) is 0 Å². The van der Waals surface area contributed by atoms with Gasteiger partial charge in [0.1, 0.15) is 0 Å². The van der Waals surface area contributed by atoms with Crippen molar-refractivity contribution in [1.29, 1.82) is 0 Å². The number of benzene rings is 15. The first kappa shape index (κ1) is 95.7. The number of hydrogen-bond acceptors (Lipinski definition) is 0. The van der Waals surface area contributed by atoms with Crippen molar-refractivity contribution in [2.24, 2.45) is 0 Å². The summed E-state index contributed by atoms with van der Waals surface area (Å²) in [6.45, 7) is 22.1. The van der Waals surface area contributed by atoms with Gasteiger partial charge in [0.2, 0.25) is 0 Å². The van der Waals surface area contributed by atoms with Gasteiger partial charge in [-0.3, -0.25) is 0 Å². The van der Waals surface area contributed by atoms with Crippen molar-refractivity contribution in [3.05, 3.63) is 457 Å². The molecular weight excluding hydrogens is 2350 g/mol. The van der Waals surface area contributed by atoms with E-state index in [9.17, 15) is 0 Å². The molecule has 0 unspecified atom stereocenters. The Morgan fingerprint density at radius 1 is 0.126 bits per heavy atom. The minimum Gasteiger partial charge on any atom is -0.358 e. The fraction of sp³-hybridized carbons (Fsp3) is 0.0990. The molecule has 0 aliphatic heterocycles. The van der Waals surface area contributed by atoms with Crippen LogP contribution in [0.25, 0.3) is 0 Å². The molecule has 15 aromatic rings. The molecule has 15 aromatic carbocycles. The van der Waals surface area contributed by atoms with Gasteiger partial charge in [0.15, 0.2) is 0 Å². The summed E-state index contributed by atoms with van der Waals surface area (Å²) in [7, 11) is -2.44. The Kier molecular flexibility index (Phi) is 43.0. The third-order valence-electron chi connectivity index (χ3n) is 18.6. The van der Waals surface area contributed by atoms with Crippen LogP contribution < -0.4 is 79.6 Å². The predicted octanol–water partition coefficient (Wildman–Crippen LogP) is 20.7. The maximum absolute atomic E-state index is 2.28. The van der Waals surface area contributed by atoms with Gasteiger partial charge in [-0.05, 0) is 244 Å². The number of hydrogen-bond donors (Lipinski definition) is 0. The fourth-order valence-corrected chi connectivity index (χ4v) is 26.1. The van der Waals surface area contributed by atoms with E-state index in [1.807, 2.05) is 0 Å². The first-order valence-corrected chi connectivity index (χ1v) is 42.9. The monoisotopic (exact) mass is 2450 g/mol. The van der Waals surface area contributed by atoms with Crippen LogP contribution in [-0.2, 0) is 112 Å². The molecule has 3 radical (unpaired) electrons. The van der Waals surface area contributed by atoms with Gasteiger partial charge in [-0.2, -0.15) is 0 Å². The fourth-order valence-electron chi connectivity index (χ4n) is 13.1. The zero-order valence-electron chi connectivity index (χ0n) is 64.8. The molecule has 0 heterocycles. The Hall–Kier alpha value is -5.85. The van der Waals surface area contributed by atoms with E-state index in [1.165, 1.54) is 135 Å². The molecule has 0 saturated heterocycles. The average molecular weight is 2450 g/mol. The molecule has 0 fully saturated rings. The molecule has 10 heteroatoms. The summed E-state index contributed by atoms with van der Waals surface area (Å²) >= 11 is 0. The quantitative estimate of drug-likeness (QED) is 0.0545. The van der Waals surface area contributed by atoms with Crippen molar-refractivity contribution in [2.75, 3.05) is 0 Å². The molecule has 0 aliphatic rings. The average Bonchev–Trinajstić information content (AvgIpc) is 0.825. The van der Waals surface area contributed by atoms with Gasteiger partial charge in [-0.1, -0.05) is 394 Å². The van der Waals surface area contributed by atoms with Crippen LogP contribution in [0.3, 0.4) is 0 Å². The zero-order chi connectivity index (χ0) is 73.3. The molecule has 581 valence electrons. The first-order chi connectivity index (χ1) is 51.4. The second kappa shape index (κ2) is 49.8. The second-order valence-corrected chi connectivity index (χ2v) is 37.0. The van der Waals surface area contributed by atoms with E-state index < -0.39 is 39.6 Å². The predicted molar refractivity (Wildman–Crippen MR) is 480 cm³/mol. The van der Waals surface area contributed by atoms with Crippen molar-refractivity contribution in [3.8, 4) is 0 Å². The summed E-state index contributed by atoms with van der Waals surface area (Å²) in [5.74, 6) is 0. The smallest absolute Gasteiger partial charge is 0.358 e. The van der Waals surface area contributed by atoms with E-state index in [0.29, 0.717) is 0 Å². The van der Waals surface area contributed by atoms with Crippen LogP contribution in [0.2, 0.25) is 0 Å². The van der Waals surface area contributed by atoms with Gasteiger partial charge in [0, 0.05) is 67.1 Å². The molecule has 0 amide bonds. The Labute approximate surface area is 749 Å². The van der Waals surface area contributed by atoms with Crippen molar-refractivity contribution >= 4 is 119 Å². The van der Waals surface area contributed by atoms with Gasteiger partial charge in [-0.15, -0.1) is 0 Å². The summed E-state index contributed by atoms with van der Waals surface area (Å²) < 4.78 is 0. The molecule has 0 nitrogen and oxygen atoms in total. The topological polar surface area (TPSA) is 0 Å². The van der Waals surface area contributed by atoms with Crippen molar-refractivity contribution in [1.82, 2.24) is 0 Å². The van der Waals surface area contributed by atoms with Crippen LogP contribution in [-0.4, -0.2) is 0 Å². The van der Waals surface area contributed by atoms with Crippen LogP contribution in [0.4, 0.5) is 0 Å². The van der Waals surface area contributed by atoms with Crippen LogP contribution in [0.1, 0.15) is 55.6 Å². The van der Waals surface area contributed by atoms with Gasteiger partial charge < -0.3 is 7.43 Å². The second-order valence-electron chi connectivity index (χ2n) is 26.2. The first-order valence-electron chi connectivity index (χ1n) is 36.2. The van der Waals surface area contributed by atoms with Crippen LogP contribution in [0.15, 0.2) is 394 Å². The van der Waals surface area contributed by atoms with E-state index >= 15 is 0 Å². The molecule has 111 heavy (non-hydrogen) atoms. The van der Waals surface area contributed by atoms with Gasteiger partial charge in [0.25, 0.3) is 0 Å². The zero-order valence-corrected chi connectivity index (χ0v) is 80.1. The SMILES string of the molecule is Cc1ccccc1P(c1ccccc1)c1ccccc1C.Cc1ccccc1P(c1ccccc1)c1ccccc1C.Cc1ccccc1P(c1ccccc1)c1ccccc1C.Cc1ccccc1P(c1ccccc1)c1ccccc1C.Cc1ccccc1P(c1ccccc1)c1ccccc1C.[Au+].[Au+].[Au].[Au].[Au].[CH3-]. The molecular formula is C101H98Au5P5+. The number of aryl methyl sites for hydroxylation is 10. The summed E-state index contributed by atoms with van der Waals surface area (Å²) in [5, 5.41) is 21.6. The minimum atomic E-state index is -0.488. The van der Waals surface area contributed by atoms with Gasteiger partial charge >= 0.3 is 44.8 Å². The van der Waals surface area contributed by atoms with E-state index in [1.54, 1.807) is 0 Å². The summed E-state index contributed by atoms with van der Waals surface area (Å²) in [6, 6.07) is 142. The van der Waals surface area contributed by atoms with E-state index in [4.69, 9.17) is 0 Å². The Balaban J connectivity index is 0.000000245. The van der Waals surface area contributed by atoms with Crippen LogP contribution in [0, 0.1) is 76.7 Å². The third kappa shape index (κ3) is 26.1. The van der Waals surface area contributed by atoms with Crippen molar-refractivity contribution in [2.45, 2.75) is 69.2 Å². The van der Waals surface area contributed by atoms with Gasteiger partial charge in [-0.25, -0.2) is 0 Å². The molecule has 15 rings (SSSR count). The standard InChI is InChI=1S/5C20H19P.CH3.5Au/c5*1-16-10-6-8-14-19(16)21(18-12-4-3-5-13-18)20-15-9-7-11-17(20)2;;;;;;/h5*3-15H,1-2H3;1H3;;;;;/q;;;;;-1;;;;2*+1. The van der Waals surface area contributed by atoms with Crippen molar-refractivity contribution < 1.29 is 112 Å². The molecule has 0 bridgehead atoms. The molecule has 0 aromatic heterocycles. The maximum Gasteiger partial charge on any atom is 1.00 e. The molecule has 0 spiro atoms. The summed E-state index contributed by atoms with van der Waals surface area (Å²) in [6.07, 6.45) is 0. The Morgan fingerprint density at radius 3 is 0.297 bits per heavy atom. The molecule has 0 saturated carbocycles. The maximum atomic E-state index is 2.28. The molecule has 0 N–H and O–H groups in total. The van der Waals surface area contributed by atoms with E-state index in [-0.39, 0.29) is 119 Å². The third-order valence-corrected chi connectivity index (χ3v) is 32.5. The molecule has 0 atom stereocenters. The minimum absolute atomic E-state index is 0. The number of rotatable bonds is 15. The summed E-state index contributed by atoms with van der Waals surface area (Å²) in [4.78, 5) is 0. The van der Waals surface area contributed by atoms with E-state index in [2.05, 4.69) is 464 Å². The Morgan fingerprint density at radius 2 is 0.207 bits per heavy atom. The van der Waals surface area contributed by atoms with Gasteiger partial charge in [0.05, 0.1) is 0 Å². The van der Waals surface area contributed by atoms with Crippen molar-refractivity contribution in [3.63, 3.8) is 0 Å². The molecule has 0 aliphatic carbocycles. The largest absolute Gasteiger partial charge is 1.00 e.